The molecular formula is C12H17N3O2S. The predicted octanol–water partition coefficient (Wildman–Crippen LogP) is 0.704. The summed E-state index contributed by atoms with van der Waals surface area (Å²) in [5, 5.41) is 4.59. The number of hydrogen-bond donors (Lipinski definition) is 3. The molecule has 5 nitrogen and oxygen atoms in total. The van der Waals surface area contributed by atoms with Gasteiger partial charge in [-0.25, -0.2) is 0 Å². The molecule has 98 valence electrons. The second kappa shape index (κ2) is 5.49. The number of carbonyl (C=O) groups excluding carboxylic acids is 2. The van der Waals surface area contributed by atoms with E-state index < -0.39 is 5.91 Å². The molecule has 6 heteroatoms. The van der Waals surface area contributed by atoms with Gasteiger partial charge in [0.1, 0.15) is 0 Å². The number of amides is 2. The van der Waals surface area contributed by atoms with Crippen molar-refractivity contribution in [3.8, 4) is 0 Å². The zero-order chi connectivity index (χ0) is 13.1. The van der Waals surface area contributed by atoms with E-state index in [1.54, 1.807) is 5.38 Å². The molecule has 0 radical (unpaired) electrons. The molecule has 0 bridgehead atoms. The predicted molar refractivity (Wildman–Crippen MR) is 70.5 cm³/mol. The van der Waals surface area contributed by atoms with Crippen molar-refractivity contribution in [1.29, 1.82) is 0 Å². The van der Waals surface area contributed by atoms with Crippen LogP contribution in [-0.2, 0) is 0 Å². The largest absolute Gasteiger partial charge is 0.366 e. The second-order valence-electron chi connectivity index (χ2n) is 4.57. The zero-order valence-corrected chi connectivity index (χ0v) is 10.8. The first-order valence-corrected chi connectivity index (χ1v) is 6.89. The summed E-state index contributed by atoms with van der Waals surface area (Å²) in [7, 11) is 0. The minimum atomic E-state index is -0.508. The summed E-state index contributed by atoms with van der Waals surface area (Å²) in [5.74, 6) is -0.284. The van der Waals surface area contributed by atoms with E-state index in [0.29, 0.717) is 22.9 Å². The molecule has 1 aliphatic rings. The molecule has 2 unspecified atom stereocenters. The molecule has 2 atom stereocenters. The summed E-state index contributed by atoms with van der Waals surface area (Å²) >= 11 is 1.23. The van der Waals surface area contributed by atoms with Gasteiger partial charge in [-0.15, -0.1) is 11.3 Å². The number of nitrogens with two attached hydrogens (primary N) is 2. The van der Waals surface area contributed by atoms with E-state index in [1.807, 2.05) is 0 Å². The molecule has 1 aromatic heterocycles. The average molecular weight is 267 g/mol. The molecule has 1 aliphatic carbocycles. The van der Waals surface area contributed by atoms with Gasteiger partial charge in [0.05, 0.1) is 10.4 Å². The first kappa shape index (κ1) is 13.0. The number of hydrogen-bond acceptors (Lipinski definition) is 4. The Morgan fingerprint density at radius 3 is 2.83 bits per heavy atom. The Hall–Kier alpha value is -1.40. The second-order valence-corrected chi connectivity index (χ2v) is 5.48. The lowest BCUT2D eigenvalue weighted by Gasteiger charge is -2.18. The molecule has 1 heterocycles. The van der Waals surface area contributed by atoms with Crippen molar-refractivity contribution >= 4 is 23.2 Å². The van der Waals surface area contributed by atoms with Crippen LogP contribution in [0.4, 0.5) is 0 Å². The van der Waals surface area contributed by atoms with Gasteiger partial charge in [-0.3, -0.25) is 9.59 Å². The van der Waals surface area contributed by atoms with Crippen LogP contribution in [0.25, 0.3) is 0 Å². The number of rotatable bonds is 4. The summed E-state index contributed by atoms with van der Waals surface area (Å²) in [5.41, 5.74) is 11.2. The lowest BCUT2D eigenvalue weighted by Crippen LogP contribution is -2.39. The maximum absolute atomic E-state index is 12.0. The quantitative estimate of drug-likeness (QED) is 0.749. The molecule has 2 rings (SSSR count). The molecule has 1 fully saturated rings. The number of primary amides is 1. The summed E-state index contributed by atoms with van der Waals surface area (Å²) in [6, 6.07) is 1.69. The van der Waals surface area contributed by atoms with Gasteiger partial charge in [0.2, 0.25) is 5.91 Å². The van der Waals surface area contributed by atoms with Gasteiger partial charge in [0.25, 0.3) is 5.91 Å². The van der Waals surface area contributed by atoms with Crippen LogP contribution in [0, 0.1) is 5.92 Å². The van der Waals surface area contributed by atoms with Gasteiger partial charge in [0, 0.05) is 11.4 Å². The standard InChI is InChI=1S/C12H17N3O2S/c13-5-7-2-1-3-9(7)15-12(17)10-4-8(6-18-10)11(14)16/h4,6-7,9H,1-3,5,13H2,(H2,14,16)(H,15,17). The van der Waals surface area contributed by atoms with E-state index >= 15 is 0 Å². The van der Waals surface area contributed by atoms with Gasteiger partial charge >= 0.3 is 0 Å². The van der Waals surface area contributed by atoms with Crippen LogP contribution in [0.5, 0.6) is 0 Å². The SMILES string of the molecule is NCC1CCCC1NC(=O)c1cc(C(N)=O)cs1. The third-order valence-electron chi connectivity index (χ3n) is 3.39. The minimum absolute atomic E-state index is 0.141. The fraction of sp³-hybridized carbons (Fsp3) is 0.500. The van der Waals surface area contributed by atoms with E-state index in [9.17, 15) is 9.59 Å². The summed E-state index contributed by atoms with van der Waals surface area (Å²) in [6.07, 6.45) is 3.14. The third kappa shape index (κ3) is 2.70. The van der Waals surface area contributed by atoms with Gasteiger partial charge < -0.3 is 16.8 Å². The Balaban J connectivity index is 2.00. The third-order valence-corrected chi connectivity index (χ3v) is 4.32. The molecule has 5 N–H and O–H groups in total. The Kier molecular flexibility index (Phi) is 3.98. The van der Waals surface area contributed by atoms with Crippen molar-refractivity contribution in [1.82, 2.24) is 5.32 Å². The highest BCUT2D eigenvalue weighted by Gasteiger charge is 2.28. The molecule has 18 heavy (non-hydrogen) atoms. The monoisotopic (exact) mass is 267 g/mol. The average Bonchev–Trinajstić information content (AvgIpc) is 2.96. The highest BCUT2D eigenvalue weighted by molar-refractivity contribution is 7.12. The molecule has 0 aromatic carbocycles. The molecule has 0 saturated heterocycles. The first-order chi connectivity index (χ1) is 8.61. The highest BCUT2D eigenvalue weighted by atomic mass is 32.1. The van der Waals surface area contributed by atoms with E-state index in [1.165, 1.54) is 17.4 Å². The van der Waals surface area contributed by atoms with E-state index in [4.69, 9.17) is 11.5 Å². The van der Waals surface area contributed by atoms with Crippen LogP contribution >= 0.6 is 11.3 Å². The normalized spacial score (nSPS) is 22.9. The van der Waals surface area contributed by atoms with E-state index in [0.717, 1.165) is 19.3 Å². The minimum Gasteiger partial charge on any atom is -0.366 e. The first-order valence-electron chi connectivity index (χ1n) is 6.01. The van der Waals surface area contributed by atoms with Crippen LogP contribution in [0.3, 0.4) is 0 Å². The number of carbonyl (C=O) groups is 2. The molecular weight excluding hydrogens is 250 g/mol. The van der Waals surface area contributed by atoms with E-state index in [-0.39, 0.29) is 11.9 Å². The van der Waals surface area contributed by atoms with Crippen molar-refractivity contribution < 1.29 is 9.59 Å². The van der Waals surface area contributed by atoms with E-state index in [2.05, 4.69) is 5.32 Å². The molecule has 0 spiro atoms. The topological polar surface area (TPSA) is 98.2 Å². The highest BCUT2D eigenvalue weighted by Crippen LogP contribution is 2.25. The molecule has 2 amide bonds. The summed E-state index contributed by atoms with van der Waals surface area (Å²) in [4.78, 5) is 23.5. The van der Waals surface area contributed by atoms with Crippen molar-refractivity contribution in [3.05, 3.63) is 21.9 Å². The van der Waals surface area contributed by atoms with Crippen LogP contribution in [0.1, 0.15) is 39.3 Å². The summed E-state index contributed by atoms with van der Waals surface area (Å²) < 4.78 is 0. The van der Waals surface area contributed by atoms with Gasteiger partial charge in [-0.2, -0.15) is 0 Å². The molecule has 1 aromatic rings. The Labute approximate surface area is 110 Å². The zero-order valence-electron chi connectivity index (χ0n) is 10.0. The van der Waals surface area contributed by atoms with Gasteiger partial charge in [0.15, 0.2) is 0 Å². The summed E-state index contributed by atoms with van der Waals surface area (Å²) in [6.45, 7) is 0.599. The van der Waals surface area contributed by atoms with Crippen molar-refractivity contribution in [3.63, 3.8) is 0 Å². The van der Waals surface area contributed by atoms with Crippen molar-refractivity contribution in [2.24, 2.45) is 17.4 Å². The van der Waals surface area contributed by atoms with Crippen LogP contribution in [-0.4, -0.2) is 24.4 Å². The number of thiophene rings is 1. The maximum Gasteiger partial charge on any atom is 0.261 e. The fourth-order valence-corrected chi connectivity index (χ4v) is 3.13. The Bertz CT molecular complexity index is 458. The lowest BCUT2D eigenvalue weighted by molar-refractivity contribution is 0.0933. The van der Waals surface area contributed by atoms with Crippen LogP contribution in [0.2, 0.25) is 0 Å². The Morgan fingerprint density at radius 1 is 1.44 bits per heavy atom. The molecule has 0 aliphatic heterocycles. The molecule has 1 saturated carbocycles. The Morgan fingerprint density at radius 2 is 2.22 bits per heavy atom. The van der Waals surface area contributed by atoms with Crippen molar-refractivity contribution in [2.75, 3.05) is 6.54 Å². The fourth-order valence-electron chi connectivity index (χ4n) is 2.33. The lowest BCUT2D eigenvalue weighted by atomic mass is 10.0. The number of nitrogens with one attached hydrogen (secondary N) is 1. The van der Waals surface area contributed by atoms with Crippen LogP contribution in [0.15, 0.2) is 11.4 Å². The smallest absolute Gasteiger partial charge is 0.261 e. The maximum atomic E-state index is 12.0. The van der Waals surface area contributed by atoms with Crippen molar-refractivity contribution in [2.45, 2.75) is 25.3 Å². The van der Waals surface area contributed by atoms with Gasteiger partial charge in [-0.1, -0.05) is 6.42 Å². The van der Waals surface area contributed by atoms with Crippen LogP contribution < -0.4 is 16.8 Å². The van der Waals surface area contributed by atoms with Gasteiger partial charge in [-0.05, 0) is 31.4 Å².